The first-order valence-corrected chi connectivity index (χ1v) is 7.31. The van der Waals surface area contributed by atoms with Crippen molar-refractivity contribution in [2.75, 3.05) is 0 Å². The first-order valence-electron chi connectivity index (χ1n) is 7.31. The molecule has 0 atom stereocenters. The van der Waals surface area contributed by atoms with Gasteiger partial charge in [0.25, 0.3) is 0 Å². The predicted octanol–water partition coefficient (Wildman–Crippen LogP) is 1.87. The van der Waals surface area contributed by atoms with E-state index in [1.165, 1.54) is 0 Å². The number of hydrogen-bond acceptors (Lipinski definition) is 3. The molecule has 0 aliphatic rings. The Bertz CT molecular complexity index is 811. The molecule has 0 fully saturated rings. The van der Waals surface area contributed by atoms with E-state index in [9.17, 15) is 4.79 Å². The molecule has 0 aliphatic carbocycles. The van der Waals surface area contributed by atoms with E-state index in [2.05, 4.69) is 17.0 Å². The average molecular weight is 285 g/mol. The minimum absolute atomic E-state index is 0.00440. The predicted molar refractivity (Wildman–Crippen MR) is 81.3 cm³/mol. The summed E-state index contributed by atoms with van der Waals surface area (Å²) in [7, 11) is 0. The second kappa shape index (κ2) is 5.55. The van der Waals surface area contributed by atoms with Crippen molar-refractivity contribution in [3.05, 3.63) is 46.9 Å². The van der Waals surface area contributed by atoms with Crippen LogP contribution in [-0.4, -0.2) is 23.9 Å². The van der Waals surface area contributed by atoms with E-state index < -0.39 is 0 Å². The molecule has 21 heavy (non-hydrogen) atoms. The Balaban J connectivity index is 2.10. The van der Waals surface area contributed by atoms with Crippen LogP contribution in [0.25, 0.3) is 11.0 Å². The van der Waals surface area contributed by atoms with E-state index in [0.29, 0.717) is 13.1 Å². The molecule has 110 valence electrons. The van der Waals surface area contributed by atoms with Gasteiger partial charge < -0.3 is 0 Å². The van der Waals surface area contributed by atoms with Gasteiger partial charge in [-0.15, -0.1) is 0 Å². The third-order valence-corrected chi connectivity index (χ3v) is 3.67. The number of para-hydroxylation sites is 2. The SMILES string of the molecule is CCCn1ncnc1Cn1c(=O)n(CC)c2ccccc21. The molecule has 3 rings (SSSR count). The van der Waals surface area contributed by atoms with Crippen molar-refractivity contribution in [1.29, 1.82) is 0 Å². The highest BCUT2D eigenvalue weighted by Gasteiger charge is 2.14. The van der Waals surface area contributed by atoms with Crippen LogP contribution in [0.4, 0.5) is 0 Å². The summed E-state index contributed by atoms with van der Waals surface area (Å²) in [4.78, 5) is 16.9. The van der Waals surface area contributed by atoms with Crippen molar-refractivity contribution in [2.24, 2.45) is 0 Å². The molecule has 0 unspecified atom stereocenters. The van der Waals surface area contributed by atoms with E-state index in [1.807, 2.05) is 35.9 Å². The molecule has 0 bridgehead atoms. The first-order chi connectivity index (χ1) is 10.3. The van der Waals surface area contributed by atoms with Gasteiger partial charge >= 0.3 is 5.69 Å². The zero-order valence-corrected chi connectivity index (χ0v) is 12.4. The molecule has 0 radical (unpaired) electrons. The van der Waals surface area contributed by atoms with Crippen LogP contribution in [0.15, 0.2) is 35.4 Å². The lowest BCUT2D eigenvalue weighted by Crippen LogP contribution is -2.25. The Kier molecular flexibility index (Phi) is 3.60. The van der Waals surface area contributed by atoms with Crippen LogP contribution in [0.2, 0.25) is 0 Å². The molecule has 3 aromatic rings. The van der Waals surface area contributed by atoms with Gasteiger partial charge in [0.15, 0.2) is 0 Å². The maximum absolute atomic E-state index is 12.6. The fourth-order valence-electron chi connectivity index (χ4n) is 2.68. The van der Waals surface area contributed by atoms with Gasteiger partial charge in [0.05, 0.1) is 17.6 Å². The molecular weight excluding hydrogens is 266 g/mol. The van der Waals surface area contributed by atoms with Gasteiger partial charge in [-0.25, -0.2) is 14.5 Å². The standard InChI is InChI=1S/C15H19N5O/c1-3-9-20-14(16-11-17-20)10-19-13-8-6-5-7-12(13)18(4-2)15(19)21/h5-8,11H,3-4,9-10H2,1-2H3. The van der Waals surface area contributed by atoms with E-state index >= 15 is 0 Å². The van der Waals surface area contributed by atoms with Crippen molar-refractivity contribution in [3.63, 3.8) is 0 Å². The summed E-state index contributed by atoms with van der Waals surface area (Å²) in [6.45, 7) is 6.01. The largest absolute Gasteiger partial charge is 0.329 e. The average Bonchev–Trinajstić information content (AvgIpc) is 3.04. The highest BCUT2D eigenvalue weighted by atomic mass is 16.1. The van der Waals surface area contributed by atoms with Crippen LogP contribution in [0.1, 0.15) is 26.1 Å². The third-order valence-electron chi connectivity index (χ3n) is 3.67. The first kappa shape index (κ1) is 13.6. The highest BCUT2D eigenvalue weighted by molar-refractivity contribution is 5.76. The Morgan fingerprint density at radius 2 is 1.81 bits per heavy atom. The summed E-state index contributed by atoms with van der Waals surface area (Å²) in [5, 5.41) is 4.22. The van der Waals surface area contributed by atoms with E-state index in [4.69, 9.17) is 0 Å². The van der Waals surface area contributed by atoms with Crippen LogP contribution in [-0.2, 0) is 19.6 Å². The van der Waals surface area contributed by atoms with Gasteiger partial charge in [0.1, 0.15) is 12.2 Å². The smallest absolute Gasteiger partial charge is 0.292 e. The Hall–Kier alpha value is -2.37. The fourth-order valence-corrected chi connectivity index (χ4v) is 2.68. The lowest BCUT2D eigenvalue weighted by Gasteiger charge is -2.05. The van der Waals surface area contributed by atoms with Crippen LogP contribution in [0.5, 0.6) is 0 Å². The number of hydrogen-bond donors (Lipinski definition) is 0. The van der Waals surface area contributed by atoms with Crippen molar-refractivity contribution < 1.29 is 0 Å². The van der Waals surface area contributed by atoms with Gasteiger partial charge in [-0.1, -0.05) is 19.1 Å². The van der Waals surface area contributed by atoms with Crippen LogP contribution >= 0.6 is 0 Å². The van der Waals surface area contributed by atoms with Crippen molar-refractivity contribution in [3.8, 4) is 0 Å². The Morgan fingerprint density at radius 1 is 1.10 bits per heavy atom. The molecule has 0 N–H and O–H groups in total. The maximum Gasteiger partial charge on any atom is 0.329 e. The number of benzene rings is 1. The van der Waals surface area contributed by atoms with Crippen molar-refractivity contribution >= 4 is 11.0 Å². The summed E-state index contributed by atoms with van der Waals surface area (Å²) >= 11 is 0. The number of aromatic nitrogens is 5. The lowest BCUT2D eigenvalue weighted by atomic mass is 10.3. The fraction of sp³-hybridized carbons (Fsp3) is 0.400. The van der Waals surface area contributed by atoms with Crippen LogP contribution in [0.3, 0.4) is 0 Å². The molecular formula is C15H19N5O. The topological polar surface area (TPSA) is 57.6 Å². The van der Waals surface area contributed by atoms with Gasteiger partial charge in [-0.2, -0.15) is 5.10 Å². The van der Waals surface area contributed by atoms with Crippen LogP contribution < -0.4 is 5.69 Å². The molecule has 6 heteroatoms. The minimum Gasteiger partial charge on any atom is -0.292 e. The minimum atomic E-state index is 0.00440. The summed E-state index contributed by atoms with van der Waals surface area (Å²) < 4.78 is 5.43. The summed E-state index contributed by atoms with van der Waals surface area (Å²) in [6.07, 6.45) is 2.54. The second-order valence-electron chi connectivity index (χ2n) is 5.00. The van der Waals surface area contributed by atoms with E-state index in [0.717, 1.165) is 29.8 Å². The van der Waals surface area contributed by atoms with E-state index in [1.54, 1.807) is 15.5 Å². The summed E-state index contributed by atoms with van der Waals surface area (Å²) in [5.41, 5.74) is 1.91. The number of imidazole rings is 1. The molecule has 0 aliphatic heterocycles. The monoisotopic (exact) mass is 285 g/mol. The molecule has 0 saturated carbocycles. The van der Waals surface area contributed by atoms with E-state index in [-0.39, 0.29) is 5.69 Å². The van der Waals surface area contributed by atoms with Crippen molar-refractivity contribution in [2.45, 2.75) is 39.9 Å². The molecule has 0 amide bonds. The quantitative estimate of drug-likeness (QED) is 0.719. The summed E-state index contributed by atoms with van der Waals surface area (Å²) in [6, 6.07) is 7.86. The maximum atomic E-state index is 12.6. The molecule has 2 aromatic heterocycles. The normalized spacial score (nSPS) is 11.3. The Labute approximate surface area is 122 Å². The van der Waals surface area contributed by atoms with Crippen LogP contribution in [0, 0.1) is 0 Å². The molecule has 2 heterocycles. The number of aryl methyl sites for hydroxylation is 2. The second-order valence-corrected chi connectivity index (χ2v) is 5.00. The van der Waals surface area contributed by atoms with Gasteiger partial charge in [0.2, 0.25) is 0 Å². The zero-order valence-electron chi connectivity index (χ0n) is 12.4. The van der Waals surface area contributed by atoms with Gasteiger partial charge in [-0.3, -0.25) is 9.13 Å². The number of nitrogens with zero attached hydrogens (tertiary/aromatic N) is 5. The molecule has 1 aromatic carbocycles. The van der Waals surface area contributed by atoms with Crippen molar-refractivity contribution in [1.82, 2.24) is 23.9 Å². The Morgan fingerprint density at radius 3 is 2.48 bits per heavy atom. The lowest BCUT2D eigenvalue weighted by molar-refractivity contribution is 0.550. The molecule has 0 saturated heterocycles. The van der Waals surface area contributed by atoms with Gasteiger partial charge in [0, 0.05) is 13.1 Å². The number of rotatable bonds is 5. The zero-order chi connectivity index (χ0) is 14.8. The molecule has 0 spiro atoms. The van der Waals surface area contributed by atoms with Gasteiger partial charge in [-0.05, 0) is 25.5 Å². The highest BCUT2D eigenvalue weighted by Crippen LogP contribution is 2.13. The third kappa shape index (κ3) is 2.26. The summed E-state index contributed by atoms with van der Waals surface area (Å²) in [5.74, 6) is 0.818. The molecule has 6 nitrogen and oxygen atoms in total. The number of fused-ring (bicyclic) bond motifs is 1.